The Balaban J connectivity index is 2.02. The first kappa shape index (κ1) is 13.6. The van der Waals surface area contributed by atoms with Crippen LogP contribution in [-0.4, -0.2) is 48.6 Å². The van der Waals surface area contributed by atoms with Crippen LogP contribution in [0.1, 0.15) is 0 Å². The maximum Gasteiger partial charge on any atom is 0.177 e. The summed E-state index contributed by atoms with van der Waals surface area (Å²) in [6.45, 7) is 4.32. The molecular formula is C14H16N2O2S2. The number of nitrogens with zero attached hydrogens (tertiary/aromatic N) is 2. The molecule has 20 heavy (non-hydrogen) atoms. The van der Waals surface area contributed by atoms with Crippen LogP contribution >= 0.6 is 12.2 Å². The van der Waals surface area contributed by atoms with Gasteiger partial charge in [-0.3, -0.25) is 0 Å². The first-order valence-corrected chi connectivity index (χ1v) is 8.72. The summed E-state index contributed by atoms with van der Waals surface area (Å²) in [5, 5.41) is 0.695. The van der Waals surface area contributed by atoms with Crippen LogP contribution in [0.25, 0.3) is 0 Å². The Hall–Kier alpha value is -1.40. The van der Waals surface area contributed by atoms with Crippen molar-refractivity contribution >= 4 is 32.9 Å². The van der Waals surface area contributed by atoms with E-state index < -0.39 is 9.84 Å². The van der Waals surface area contributed by atoms with E-state index in [1.54, 1.807) is 6.08 Å². The summed E-state index contributed by atoms with van der Waals surface area (Å²) in [7, 11) is -3.00. The van der Waals surface area contributed by atoms with E-state index in [1.807, 2.05) is 40.1 Å². The molecule has 2 heterocycles. The van der Waals surface area contributed by atoms with E-state index in [9.17, 15) is 8.42 Å². The fraction of sp³-hybridized carbons (Fsp3) is 0.357. The van der Waals surface area contributed by atoms with Gasteiger partial charge in [0.15, 0.2) is 14.9 Å². The second-order valence-corrected chi connectivity index (χ2v) is 7.66. The van der Waals surface area contributed by atoms with Crippen LogP contribution in [0.2, 0.25) is 0 Å². The van der Waals surface area contributed by atoms with Crippen molar-refractivity contribution in [2.45, 2.75) is 12.1 Å². The highest BCUT2D eigenvalue weighted by atomic mass is 32.2. The van der Waals surface area contributed by atoms with E-state index in [2.05, 4.69) is 6.58 Å². The lowest BCUT2D eigenvalue weighted by atomic mass is 10.1. The first-order chi connectivity index (χ1) is 9.53. The van der Waals surface area contributed by atoms with Gasteiger partial charge in [0.25, 0.3) is 0 Å². The molecule has 2 fully saturated rings. The molecule has 0 bridgehead atoms. The number of sulfone groups is 1. The van der Waals surface area contributed by atoms with Crippen molar-refractivity contribution in [3.63, 3.8) is 0 Å². The number of para-hydroxylation sites is 1. The molecular weight excluding hydrogens is 292 g/mol. The van der Waals surface area contributed by atoms with Gasteiger partial charge in [0.2, 0.25) is 0 Å². The lowest BCUT2D eigenvalue weighted by Gasteiger charge is -2.24. The summed E-state index contributed by atoms with van der Waals surface area (Å²) >= 11 is 5.55. The van der Waals surface area contributed by atoms with Crippen molar-refractivity contribution in [1.82, 2.24) is 4.90 Å². The fourth-order valence-corrected chi connectivity index (χ4v) is 5.42. The van der Waals surface area contributed by atoms with Crippen molar-refractivity contribution in [3.05, 3.63) is 43.0 Å². The molecule has 0 saturated carbocycles. The van der Waals surface area contributed by atoms with Gasteiger partial charge in [0.1, 0.15) is 0 Å². The fourth-order valence-electron chi connectivity index (χ4n) is 3.02. The average Bonchev–Trinajstić information content (AvgIpc) is 2.83. The Morgan fingerprint density at radius 1 is 1.25 bits per heavy atom. The monoisotopic (exact) mass is 308 g/mol. The smallest absolute Gasteiger partial charge is 0.177 e. The molecule has 2 saturated heterocycles. The Bertz CT molecular complexity index is 642. The SMILES string of the molecule is C=CCN1C(=S)N(c2ccccc2)C2CS(=O)(=O)CC21. The van der Waals surface area contributed by atoms with E-state index in [4.69, 9.17) is 12.2 Å². The highest BCUT2D eigenvalue weighted by Crippen LogP contribution is 2.34. The Labute approximate surface area is 124 Å². The molecule has 0 aromatic heterocycles. The van der Waals surface area contributed by atoms with Gasteiger partial charge in [-0.25, -0.2) is 8.42 Å². The lowest BCUT2D eigenvalue weighted by molar-refractivity contribution is 0.389. The minimum absolute atomic E-state index is 0.0642. The normalized spacial score (nSPS) is 27.7. The molecule has 6 heteroatoms. The molecule has 0 radical (unpaired) electrons. The molecule has 0 N–H and O–H groups in total. The molecule has 106 valence electrons. The summed E-state index contributed by atoms with van der Waals surface area (Å²) < 4.78 is 23.9. The molecule has 2 aliphatic rings. The summed E-state index contributed by atoms with van der Waals surface area (Å²) in [6.07, 6.45) is 1.77. The number of anilines is 1. The van der Waals surface area contributed by atoms with Crippen LogP contribution in [0.5, 0.6) is 0 Å². The molecule has 2 atom stereocenters. The summed E-state index contributed by atoms with van der Waals surface area (Å²) in [5.41, 5.74) is 0.955. The van der Waals surface area contributed by atoms with E-state index in [1.165, 1.54) is 0 Å². The molecule has 1 aromatic carbocycles. The van der Waals surface area contributed by atoms with Crippen LogP contribution < -0.4 is 4.90 Å². The summed E-state index contributed by atoms with van der Waals surface area (Å²) in [6, 6.07) is 9.59. The average molecular weight is 308 g/mol. The topological polar surface area (TPSA) is 40.6 Å². The third-order valence-electron chi connectivity index (χ3n) is 3.84. The second kappa shape index (κ2) is 4.86. The lowest BCUT2D eigenvalue weighted by Crippen LogP contribution is -2.37. The molecule has 4 nitrogen and oxygen atoms in total. The van der Waals surface area contributed by atoms with Crippen molar-refractivity contribution in [2.75, 3.05) is 23.0 Å². The molecule has 0 aliphatic carbocycles. The highest BCUT2D eigenvalue weighted by molar-refractivity contribution is 7.91. The summed E-state index contributed by atoms with van der Waals surface area (Å²) in [5.74, 6) is 0.343. The molecule has 2 aliphatic heterocycles. The standard InChI is InChI=1S/C14H16N2O2S2/c1-2-8-15-12-9-20(17,18)10-13(12)16(14(15)19)11-6-4-3-5-7-11/h2-7,12-13H,1,8-10H2. The van der Waals surface area contributed by atoms with Crippen LogP contribution in [-0.2, 0) is 9.84 Å². The van der Waals surface area contributed by atoms with E-state index in [-0.39, 0.29) is 23.6 Å². The number of hydrogen-bond acceptors (Lipinski definition) is 3. The van der Waals surface area contributed by atoms with Crippen LogP contribution in [0.4, 0.5) is 5.69 Å². The van der Waals surface area contributed by atoms with E-state index in [0.717, 1.165) is 5.69 Å². The van der Waals surface area contributed by atoms with Crippen molar-refractivity contribution < 1.29 is 8.42 Å². The van der Waals surface area contributed by atoms with Gasteiger partial charge in [-0.15, -0.1) is 6.58 Å². The van der Waals surface area contributed by atoms with Gasteiger partial charge >= 0.3 is 0 Å². The predicted octanol–water partition coefficient (Wildman–Crippen LogP) is 1.45. The zero-order chi connectivity index (χ0) is 14.3. The maximum atomic E-state index is 12.0. The van der Waals surface area contributed by atoms with Crippen molar-refractivity contribution in [1.29, 1.82) is 0 Å². The molecule has 3 rings (SSSR count). The number of hydrogen-bond donors (Lipinski definition) is 0. The molecule has 1 aromatic rings. The van der Waals surface area contributed by atoms with E-state index >= 15 is 0 Å². The third kappa shape index (κ3) is 2.13. The zero-order valence-electron chi connectivity index (χ0n) is 11.0. The number of thiocarbonyl (C=S) groups is 1. The van der Waals surface area contributed by atoms with Crippen molar-refractivity contribution in [2.24, 2.45) is 0 Å². The Morgan fingerprint density at radius 3 is 2.55 bits per heavy atom. The minimum Gasteiger partial charge on any atom is -0.339 e. The maximum absolute atomic E-state index is 12.0. The van der Waals surface area contributed by atoms with Gasteiger partial charge < -0.3 is 9.80 Å². The summed E-state index contributed by atoms with van der Waals surface area (Å²) in [4.78, 5) is 3.96. The Kier molecular flexibility index (Phi) is 3.30. The Morgan fingerprint density at radius 2 is 1.90 bits per heavy atom. The quantitative estimate of drug-likeness (QED) is 0.624. The first-order valence-electron chi connectivity index (χ1n) is 6.50. The van der Waals surface area contributed by atoms with Gasteiger partial charge in [-0.1, -0.05) is 24.3 Å². The van der Waals surface area contributed by atoms with Crippen molar-refractivity contribution in [3.8, 4) is 0 Å². The van der Waals surface area contributed by atoms with Gasteiger partial charge in [0, 0.05) is 12.2 Å². The third-order valence-corrected chi connectivity index (χ3v) is 5.97. The highest BCUT2D eigenvalue weighted by Gasteiger charge is 2.51. The number of rotatable bonds is 3. The molecule has 0 spiro atoms. The minimum atomic E-state index is -3.00. The number of benzene rings is 1. The van der Waals surface area contributed by atoms with Crippen LogP contribution in [0.15, 0.2) is 43.0 Å². The van der Waals surface area contributed by atoms with Crippen LogP contribution in [0, 0.1) is 0 Å². The number of fused-ring (bicyclic) bond motifs is 1. The molecule has 2 unspecified atom stereocenters. The van der Waals surface area contributed by atoms with Gasteiger partial charge in [-0.05, 0) is 24.4 Å². The van der Waals surface area contributed by atoms with E-state index in [0.29, 0.717) is 11.7 Å². The van der Waals surface area contributed by atoms with Gasteiger partial charge in [-0.2, -0.15) is 0 Å². The zero-order valence-corrected chi connectivity index (χ0v) is 12.6. The van der Waals surface area contributed by atoms with Crippen LogP contribution in [0.3, 0.4) is 0 Å². The largest absolute Gasteiger partial charge is 0.339 e. The van der Waals surface area contributed by atoms with Gasteiger partial charge in [0.05, 0.1) is 23.6 Å². The molecule has 0 amide bonds. The predicted molar refractivity (Wildman–Crippen MR) is 84.7 cm³/mol. The second-order valence-electron chi connectivity index (χ2n) is 5.14.